The van der Waals surface area contributed by atoms with Crippen molar-refractivity contribution in [3.63, 3.8) is 0 Å². The van der Waals surface area contributed by atoms with Gasteiger partial charge in [0, 0.05) is 32.6 Å². The van der Waals surface area contributed by atoms with E-state index in [0.29, 0.717) is 26.9 Å². The van der Waals surface area contributed by atoms with E-state index in [9.17, 15) is 4.79 Å². The summed E-state index contributed by atoms with van der Waals surface area (Å²) in [5.41, 5.74) is 1.55. The minimum atomic E-state index is -0.999. The second-order valence-corrected chi connectivity index (χ2v) is 5.54. The third kappa shape index (κ3) is 2.89. The molecule has 0 aliphatic carbocycles. The first-order chi connectivity index (χ1) is 10.5. The molecule has 0 saturated heterocycles. The number of rotatable bonds is 4. The first kappa shape index (κ1) is 14.8. The molecular formula is C16H11Cl2NO3. The summed E-state index contributed by atoms with van der Waals surface area (Å²) in [4.78, 5) is 13.8. The van der Waals surface area contributed by atoms with Crippen molar-refractivity contribution in [1.82, 2.24) is 4.98 Å². The molecule has 0 bridgehead atoms. The maximum absolute atomic E-state index is 10.9. The van der Waals surface area contributed by atoms with Crippen molar-refractivity contribution >= 4 is 40.1 Å². The zero-order valence-corrected chi connectivity index (χ0v) is 12.8. The maximum Gasteiger partial charge on any atom is 0.352 e. The molecule has 0 aliphatic rings. The van der Waals surface area contributed by atoms with Gasteiger partial charge in [-0.25, -0.2) is 4.79 Å². The van der Waals surface area contributed by atoms with Crippen LogP contribution in [0.2, 0.25) is 10.0 Å². The van der Waals surface area contributed by atoms with Crippen LogP contribution < -0.4 is 4.74 Å². The highest BCUT2D eigenvalue weighted by Crippen LogP contribution is 2.27. The lowest BCUT2D eigenvalue weighted by molar-refractivity contribution is 0.0691. The second-order valence-electron chi connectivity index (χ2n) is 4.73. The van der Waals surface area contributed by atoms with Gasteiger partial charge in [0.25, 0.3) is 0 Å². The molecule has 0 spiro atoms. The van der Waals surface area contributed by atoms with Crippen molar-refractivity contribution < 1.29 is 14.6 Å². The molecule has 1 heterocycles. The number of hydrogen-bond donors (Lipinski definition) is 2. The molecule has 0 radical (unpaired) electrons. The molecule has 2 aromatic carbocycles. The standard InChI is InChI=1S/C16H11Cl2NO3/c17-12-2-1-3-13(18)11(12)8-22-10-5-4-9-6-15(16(20)21)19-14(9)7-10/h1-7,19H,8H2,(H,20,21). The Bertz CT molecular complexity index is 837. The fourth-order valence-corrected chi connectivity index (χ4v) is 2.64. The van der Waals surface area contributed by atoms with Crippen LogP contribution in [0.15, 0.2) is 42.5 Å². The molecule has 6 heteroatoms. The molecule has 4 nitrogen and oxygen atoms in total. The third-order valence-electron chi connectivity index (χ3n) is 3.27. The lowest BCUT2D eigenvalue weighted by Crippen LogP contribution is -1.97. The average molecular weight is 336 g/mol. The molecule has 112 valence electrons. The molecule has 1 aromatic heterocycles. The summed E-state index contributed by atoms with van der Waals surface area (Å²) in [6, 6.07) is 12.2. The molecule has 0 atom stereocenters. The van der Waals surface area contributed by atoms with Crippen LogP contribution in [-0.2, 0) is 6.61 Å². The summed E-state index contributed by atoms with van der Waals surface area (Å²) < 4.78 is 5.70. The normalized spacial score (nSPS) is 10.8. The molecular weight excluding hydrogens is 325 g/mol. The Kier molecular flexibility index (Phi) is 3.96. The van der Waals surface area contributed by atoms with Gasteiger partial charge in [-0.05, 0) is 30.3 Å². The topological polar surface area (TPSA) is 62.3 Å². The van der Waals surface area contributed by atoms with Gasteiger partial charge in [-0.15, -0.1) is 0 Å². The number of fused-ring (bicyclic) bond motifs is 1. The Morgan fingerprint density at radius 3 is 2.55 bits per heavy atom. The lowest BCUT2D eigenvalue weighted by Gasteiger charge is -2.09. The monoisotopic (exact) mass is 335 g/mol. The minimum Gasteiger partial charge on any atom is -0.489 e. The van der Waals surface area contributed by atoms with Gasteiger partial charge in [-0.2, -0.15) is 0 Å². The second kappa shape index (κ2) is 5.91. The van der Waals surface area contributed by atoms with Gasteiger partial charge in [-0.1, -0.05) is 29.3 Å². The maximum atomic E-state index is 10.9. The quantitative estimate of drug-likeness (QED) is 0.723. The van der Waals surface area contributed by atoms with Gasteiger partial charge in [0.1, 0.15) is 18.1 Å². The summed E-state index contributed by atoms with van der Waals surface area (Å²) >= 11 is 12.2. The molecule has 0 amide bonds. The summed E-state index contributed by atoms with van der Waals surface area (Å²) in [5.74, 6) is -0.399. The van der Waals surface area contributed by atoms with E-state index in [1.54, 1.807) is 42.5 Å². The van der Waals surface area contributed by atoms with E-state index in [1.807, 2.05) is 0 Å². The molecule has 0 unspecified atom stereocenters. The van der Waals surface area contributed by atoms with E-state index in [0.717, 1.165) is 5.39 Å². The lowest BCUT2D eigenvalue weighted by atomic mass is 10.2. The molecule has 3 rings (SSSR count). The van der Waals surface area contributed by atoms with Crippen molar-refractivity contribution in [2.24, 2.45) is 0 Å². The highest BCUT2D eigenvalue weighted by Gasteiger charge is 2.09. The van der Waals surface area contributed by atoms with E-state index < -0.39 is 5.97 Å². The summed E-state index contributed by atoms with van der Waals surface area (Å²) in [6.45, 7) is 0.233. The van der Waals surface area contributed by atoms with Gasteiger partial charge < -0.3 is 14.8 Å². The predicted octanol–water partition coefficient (Wildman–Crippen LogP) is 4.75. The van der Waals surface area contributed by atoms with E-state index in [-0.39, 0.29) is 12.3 Å². The Balaban J connectivity index is 1.83. The van der Waals surface area contributed by atoms with Crippen molar-refractivity contribution in [2.75, 3.05) is 0 Å². The van der Waals surface area contributed by atoms with Crippen molar-refractivity contribution in [2.45, 2.75) is 6.61 Å². The minimum absolute atomic E-state index is 0.140. The van der Waals surface area contributed by atoms with Crippen LogP contribution in [0.25, 0.3) is 10.9 Å². The molecule has 22 heavy (non-hydrogen) atoms. The first-order valence-electron chi connectivity index (χ1n) is 6.46. The van der Waals surface area contributed by atoms with Crippen LogP contribution >= 0.6 is 23.2 Å². The van der Waals surface area contributed by atoms with Crippen LogP contribution in [-0.4, -0.2) is 16.1 Å². The number of halogens is 2. The molecule has 0 fully saturated rings. The van der Waals surface area contributed by atoms with Crippen LogP contribution in [0.3, 0.4) is 0 Å². The third-order valence-corrected chi connectivity index (χ3v) is 3.98. The summed E-state index contributed by atoms with van der Waals surface area (Å²) in [7, 11) is 0. The average Bonchev–Trinajstić information content (AvgIpc) is 2.90. The first-order valence-corrected chi connectivity index (χ1v) is 7.22. The SMILES string of the molecule is O=C(O)c1cc2ccc(OCc3c(Cl)cccc3Cl)cc2[nH]1. The number of aromatic amines is 1. The van der Waals surface area contributed by atoms with Crippen molar-refractivity contribution in [3.8, 4) is 5.75 Å². The smallest absolute Gasteiger partial charge is 0.352 e. The van der Waals surface area contributed by atoms with E-state index in [4.69, 9.17) is 33.0 Å². The number of benzene rings is 2. The van der Waals surface area contributed by atoms with Gasteiger partial charge in [-0.3, -0.25) is 0 Å². The Morgan fingerprint density at radius 2 is 1.86 bits per heavy atom. The van der Waals surface area contributed by atoms with Crippen LogP contribution in [0.5, 0.6) is 5.75 Å². The van der Waals surface area contributed by atoms with Crippen molar-refractivity contribution in [3.05, 3.63) is 63.8 Å². The van der Waals surface area contributed by atoms with Crippen LogP contribution in [0, 0.1) is 0 Å². The van der Waals surface area contributed by atoms with Gasteiger partial charge in [0.15, 0.2) is 0 Å². The Hall–Kier alpha value is -2.17. The summed E-state index contributed by atoms with van der Waals surface area (Å²) in [5, 5.41) is 10.9. The van der Waals surface area contributed by atoms with E-state index in [1.165, 1.54) is 0 Å². The van der Waals surface area contributed by atoms with E-state index >= 15 is 0 Å². The fraction of sp³-hybridized carbons (Fsp3) is 0.0625. The predicted molar refractivity (Wildman–Crippen MR) is 86.1 cm³/mol. The molecule has 0 aliphatic heterocycles. The molecule has 2 N–H and O–H groups in total. The molecule has 3 aromatic rings. The number of aromatic nitrogens is 1. The number of nitrogens with one attached hydrogen (secondary N) is 1. The molecule has 0 saturated carbocycles. The fourth-order valence-electron chi connectivity index (χ4n) is 2.14. The highest BCUT2D eigenvalue weighted by molar-refractivity contribution is 6.35. The van der Waals surface area contributed by atoms with Crippen LogP contribution in [0.4, 0.5) is 0 Å². The van der Waals surface area contributed by atoms with Crippen LogP contribution in [0.1, 0.15) is 16.1 Å². The largest absolute Gasteiger partial charge is 0.489 e. The zero-order chi connectivity index (χ0) is 15.7. The highest BCUT2D eigenvalue weighted by atomic mass is 35.5. The number of carbonyl (C=O) groups is 1. The van der Waals surface area contributed by atoms with Crippen molar-refractivity contribution in [1.29, 1.82) is 0 Å². The number of carboxylic acids is 1. The number of hydrogen-bond acceptors (Lipinski definition) is 2. The zero-order valence-electron chi connectivity index (χ0n) is 11.3. The van der Waals surface area contributed by atoms with Gasteiger partial charge in [0.2, 0.25) is 0 Å². The van der Waals surface area contributed by atoms with E-state index in [2.05, 4.69) is 4.98 Å². The number of ether oxygens (including phenoxy) is 1. The number of H-pyrrole nitrogens is 1. The summed E-state index contributed by atoms with van der Waals surface area (Å²) in [6.07, 6.45) is 0. The van der Waals surface area contributed by atoms with Gasteiger partial charge in [0.05, 0.1) is 0 Å². The Morgan fingerprint density at radius 1 is 1.14 bits per heavy atom. The number of aromatic carboxylic acids is 1. The van der Waals surface area contributed by atoms with Gasteiger partial charge >= 0.3 is 5.97 Å². The number of carboxylic acid groups (broad SMARTS) is 1. The Labute approximate surface area is 136 Å².